The lowest BCUT2D eigenvalue weighted by Gasteiger charge is -2.18. The molecule has 0 aliphatic heterocycles. The summed E-state index contributed by atoms with van der Waals surface area (Å²) in [4.78, 5) is 4.22. The summed E-state index contributed by atoms with van der Waals surface area (Å²) >= 11 is 6.12. The van der Waals surface area contributed by atoms with Gasteiger partial charge in [-0.1, -0.05) is 29.8 Å². The van der Waals surface area contributed by atoms with Gasteiger partial charge in [-0.15, -0.1) is 34.2 Å². The van der Waals surface area contributed by atoms with Gasteiger partial charge in [0.15, 0.2) is 17.4 Å². The van der Waals surface area contributed by atoms with Gasteiger partial charge in [0.05, 0.1) is 18.1 Å². The van der Waals surface area contributed by atoms with E-state index in [2.05, 4.69) is 25.8 Å². The molecule has 1 unspecified atom stereocenters. The maximum Gasteiger partial charge on any atom is 0.191 e. The number of nitrogens with zero attached hydrogens (tertiary/aromatic N) is 4. The van der Waals surface area contributed by atoms with Crippen molar-refractivity contribution in [2.24, 2.45) is 4.99 Å². The molecule has 0 spiro atoms. The third-order valence-corrected chi connectivity index (χ3v) is 4.06. The van der Waals surface area contributed by atoms with Gasteiger partial charge in [0, 0.05) is 13.2 Å². The zero-order valence-electron chi connectivity index (χ0n) is 15.1. The Balaban J connectivity index is 0.00000261. The summed E-state index contributed by atoms with van der Waals surface area (Å²) in [5.41, 5.74) is 0.814. The first-order valence-electron chi connectivity index (χ1n) is 8.31. The van der Waals surface area contributed by atoms with Crippen molar-refractivity contribution in [3.05, 3.63) is 59.5 Å². The number of guanidine groups is 1. The fourth-order valence-electron chi connectivity index (χ4n) is 2.43. The minimum atomic E-state index is -0.0811. The number of para-hydroxylation sites is 1. The molecule has 0 saturated carbocycles. The number of aliphatic imine (C=N–C) groups is 1. The Morgan fingerprint density at radius 2 is 1.96 bits per heavy atom. The summed E-state index contributed by atoms with van der Waals surface area (Å²) < 4.78 is 7.78. The van der Waals surface area contributed by atoms with Gasteiger partial charge in [-0.3, -0.25) is 9.39 Å². The first kappa shape index (κ1) is 21.2. The Bertz CT molecular complexity index is 900. The quantitative estimate of drug-likeness (QED) is 0.309. The molecule has 144 valence electrons. The minimum absolute atomic E-state index is 0. The van der Waals surface area contributed by atoms with Crippen molar-refractivity contribution in [1.82, 2.24) is 25.2 Å². The van der Waals surface area contributed by atoms with Crippen LogP contribution in [-0.4, -0.2) is 40.3 Å². The number of pyridine rings is 1. The second kappa shape index (κ2) is 10.3. The second-order valence-corrected chi connectivity index (χ2v) is 6.12. The summed E-state index contributed by atoms with van der Waals surface area (Å²) in [7, 11) is 1.72. The molecule has 1 aromatic carbocycles. The van der Waals surface area contributed by atoms with E-state index >= 15 is 0 Å². The Morgan fingerprint density at radius 1 is 1.19 bits per heavy atom. The van der Waals surface area contributed by atoms with E-state index in [1.165, 1.54) is 0 Å². The number of rotatable bonds is 6. The highest BCUT2D eigenvalue weighted by atomic mass is 127. The molecule has 27 heavy (non-hydrogen) atoms. The van der Waals surface area contributed by atoms with E-state index in [1.807, 2.05) is 53.9 Å². The number of hydrogen-bond donors (Lipinski definition) is 2. The van der Waals surface area contributed by atoms with Crippen LogP contribution in [0.5, 0.6) is 5.75 Å². The van der Waals surface area contributed by atoms with Crippen molar-refractivity contribution in [3.8, 4) is 5.75 Å². The standard InChI is InChI=1S/C18H21ClN6O.HI/c1-13(26-15-8-4-3-7-14(15)19)11-21-18(20-2)22-12-17-24-23-16-9-5-6-10-25(16)17;/h3-10,13H,11-12H2,1-2H3,(H2,20,21,22);1H. The molecule has 0 amide bonds. The first-order chi connectivity index (χ1) is 12.7. The van der Waals surface area contributed by atoms with Gasteiger partial charge in [0.2, 0.25) is 0 Å². The number of benzene rings is 1. The highest BCUT2D eigenvalue weighted by molar-refractivity contribution is 14.0. The van der Waals surface area contributed by atoms with Crippen LogP contribution in [0.2, 0.25) is 5.02 Å². The lowest BCUT2D eigenvalue weighted by Crippen LogP contribution is -2.41. The first-order valence-corrected chi connectivity index (χ1v) is 8.69. The Morgan fingerprint density at radius 3 is 2.74 bits per heavy atom. The third-order valence-electron chi connectivity index (χ3n) is 3.74. The van der Waals surface area contributed by atoms with Crippen molar-refractivity contribution < 1.29 is 4.74 Å². The summed E-state index contributed by atoms with van der Waals surface area (Å²) in [6.07, 6.45) is 1.85. The summed E-state index contributed by atoms with van der Waals surface area (Å²) in [6.45, 7) is 3.05. The lowest BCUT2D eigenvalue weighted by molar-refractivity contribution is 0.224. The molecule has 0 bridgehead atoms. The molecular formula is C18H22ClIN6O. The molecule has 0 radical (unpaired) electrons. The number of ether oxygens (including phenoxy) is 1. The van der Waals surface area contributed by atoms with Gasteiger partial charge < -0.3 is 15.4 Å². The van der Waals surface area contributed by atoms with Crippen LogP contribution >= 0.6 is 35.6 Å². The van der Waals surface area contributed by atoms with E-state index in [0.717, 1.165) is 11.5 Å². The van der Waals surface area contributed by atoms with Gasteiger partial charge in [0.25, 0.3) is 0 Å². The molecule has 1 atom stereocenters. The van der Waals surface area contributed by atoms with Crippen LogP contribution in [0.15, 0.2) is 53.7 Å². The topological polar surface area (TPSA) is 75.8 Å². The minimum Gasteiger partial charge on any atom is -0.487 e. The number of nitrogens with one attached hydrogen (secondary N) is 2. The molecule has 2 aromatic heterocycles. The summed E-state index contributed by atoms with van der Waals surface area (Å²) in [5.74, 6) is 2.14. The van der Waals surface area contributed by atoms with Crippen molar-refractivity contribution >= 4 is 47.2 Å². The number of halogens is 2. The predicted octanol–water partition coefficient (Wildman–Crippen LogP) is 3.13. The largest absolute Gasteiger partial charge is 0.487 e. The summed E-state index contributed by atoms with van der Waals surface area (Å²) in [5, 5.41) is 15.4. The molecule has 0 fully saturated rings. The number of hydrogen-bond acceptors (Lipinski definition) is 4. The average molecular weight is 501 g/mol. The second-order valence-electron chi connectivity index (χ2n) is 5.71. The molecule has 2 heterocycles. The van der Waals surface area contributed by atoms with Crippen molar-refractivity contribution in [1.29, 1.82) is 0 Å². The normalized spacial score (nSPS) is 12.3. The zero-order chi connectivity index (χ0) is 18.4. The average Bonchev–Trinajstić information content (AvgIpc) is 3.07. The third kappa shape index (κ3) is 5.70. The van der Waals surface area contributed by atoms with Crippen molar-refractivity contribution in [3.63, 3.8) is 0 Å². The molecule has 3 aromatic rings. The number of fused-ring (bicyclic) bond motifs is 1. The van der Waals surface area contributed by atoms with E-state index in [9.17, 15) is 0 Å². The maximum atomic E-state index is 6.12. The van der Waals surface area contributed by atoms with E-state index in [0.29, 0.717) is 29.8 Å². The van der Waals surface area contributed by atoms with Gasteiger partial charge >= 0.3 is 0 Å². The zero-order valence-corrected chi connectivity index (χ0v) is 18.2. The Labute approximate surface area is 180 Å². The molecule has 0 aliphatic carbocycles. The predicted molar refractivity (Wildman–Crippen MR) is 118 cm³/mol. The molecular weight excluding hydrogens is 479 g/mol. The van der Waals surface area contributed by atoms with E-state index < -0.39 is 0 Å². The fourth-order valence-corrected chi connectivity index (χ4v) is 2.61. The van der Waals surface area contributed by atoms with E-state index in [-0.39, 0.29) is 30.1 Å². The van der Waals surface area contributed by atoms with E-state index in [1.54, 1.807) is 13.1 Å². The van der Waals surface area contributed by atoms with Crippen LogP contribution in [-0.2, 0) is 6.54 Å². The molecule has 2 N–H and O–H groups in total. The molecule has 3 rings (SSSR count). The van der Waals surface area contributed by atoms with Gasteiger partial charge in [0.1, 0.15) is 11.9 Å². The lowest BCUT2D eigenvalue weighted by atomic mass is 10.3. The van der Waals surface area contributed by atoms with Crippen LogP contribution < -0.4 is 15.4 Å². The van der Waals surface area contributed by atoms with Crippen LogP contribution in [0.25, 0.3) is 5.65 Å². The van der Waals surface area contributed by atoms with Crippen molar-refractivity contribution in [2.75, 3.05) is 13.6 Å². The number of aromatic nitrogens is 3. The maximum absolute atomic E-state index is 6.12. The Hall–Kier alpha value is -2.07. The van der Waals surface area contributed by atoms with Gasteiger partial charge in [-0.05, 0) is 31.2 Å². The van der Waals surface area contributed by atoms with E-state index in [4.69, 9.17) is 16.3 Å². The van der Waals surface area contributed by atoms with Crippen LogP contribution in [0.1, 0.15) is 12.7 Å². The van der Waals surface area contributed by atoms with Crippen LogP contribution in [0.3, 0.4) is 0 Å². The highest BCUT2D eigenvalue weighted by Crippen LogP contribution is 2.23. The summed E-state index contributed by atoms with van der Waals surface area (Å²) in [6, 6.07) is 13.2. The fraction of sp³-hybridized carbons (Fsp3) is 0.278. The smallest absolute Gasteiger partial charge is 0.191 e. The SMILES string of the molecule is CN=C(NCc1nnc2ccccn12)NCC(C)Oc1ccccc1Cl.I. The van der Waals surface area contributed by atoms with Crippen molar-refractivity contribution in [2.45, 2.75) is 19.6 Å². The molecule has 9 heteroatoms. The Kier molecular flexibility index (Phi) is 8.11. The van der Waals surface area contributed by atoms with Gasteiger partial charge in [-0.25, -0.2) is 0 Å². The highest BCUT2D eigenvalue weighted by Gasteiger charge is 2.09. The van der Waals surface area contributed by atoms with Crippen LogP contribution in [0.4, 0.5) is 0 Å². The van der Waals surface area contributed by atoms with Crippen LogP contribution in [0, 0.1) is 0 Å². The molecule has 7 nitrogen and oxygen atoms in total. The monoisotopic (exact) mass is 500 g/mol. The molecule has 0 saturated heterocycles. The van der Waals surface area contributed by atoms with Gasteiger partial charge in [-0.2, -0.15) is 0 Å². The molecule has 0 aliphatic rings.